The number of ether oxygens (including phenoxy) is 2. The van der Waals surface area contributed by atoms with Gasteiger partial charge in [-0.1, -0.05) is 205 Å². The van der Waals surface area contributed by atoms with Crippen LogP contribution in [0.4, 0.5) is 0 Å². The molecule has 1 aliphatic carbocycles. The average Bonchev–Trinajstić information content (AvgIpc) is 3.28. The molecule has 0 saturated heterocycles. The van der Waals surface area contributed by atoms with E-state index in [0.29, 0.717) is 13.0 Å². The summed E-state index contributed by atoms with van der Waals surface area (Å²) in [7, 11) is -5.02. The van der Waals surface area contributed by atoms with Gasteiger partial charge < -0.3 is 39.9 Å². The Morgan fingerprint density at radius 2 is 0.875 bits per heavy atom. The lowest BCUT2D eigenvalue weighted by Crippen LogP contribution is -2.64. The zero-order valence-electron chi connectivity index (χ0n) is 40.6. The number of rotatable bonds is 45. The minimum atomic E-state index is -5.02. The summed E-state index contributed by atoms with van der Waals surface area (Å²) in [5.41, 5.74) is 0. The van der Waals surface area contributed by atoms with E-state index < -0.39 is 63.1 Å². The van der Waals surface area contributed by atoms with E-state index in [0.717, 1.165) is 51.4 Å². The second-order valence-electron chi connectivity index (χ2n) is 18.4. The maximum absolute atomic E-state index is 12.9. The fraction of sp³-hybridized carbons (Fsp3) is 0.902. The molecule has 6 N–H and O–H groups in total. The normalized spacial score (nSPS) is 21.8. The predicted octanol–water partition coefficient (Wildman–Crippen LogP) is 11.7. The molecule has 6 unspecified atom stereocenters. The summed E-state index contributed by atoms with van der Waals surface area (Å²) in [5, 5.41) is 50.3. The van der Waals surface area contributed by atoms with Gasteiger partial charge in [0.2, 0.25) is 0 Å². The molecule has 0 aliphatic heterocycles. The molecule has 1 saturated carbocycles. The van der Waals surface area contributed by atoms with Crippen LogP contribution in [0.5, 0.6) is 0 Å². The monoisotopic (exact) mass is 933 g/mol. The van der Waals surface area contributed by atoms with Crippen LogP contribution in [0.15, 0.2) is 24.3 Å². The highest BCUT2D eigenvalue weighted by atomic mass is 31.2. The predicted molar refractivity (Wildman–Crippen MR) is 258 cm³/mol. The Labute approximate surface area is 390 Å². The minimum Gasteiger partial charge on any atom is -0.457 e. The first-order valence-electron chi connectivity index (χ1n) is 26.2. The van der Waals surface area contributed by atoms with Crippen LogP contribution in [0, 0.1) is 0 Å². The molecular formula is C51H97O12P. The molecule has 0 spiro atoms. The van der Waals surface area contributed by atoms with E-state index in [1.807, 2.05) is 0 Å². The number of phosphoric ester groups is 1. The number of allylic oxidation sites excluding steroid dienone is 4. The smallest absolute Gasteiger partial charge is 0.457 e. The van der Waals surface area contributed by atoms with Crippen molar-refractivity contribution < 1.29 is 58.3 Å². The number of aliphatic hydroxyl groups is 5. The number of aliphatic hydroxyl groups excluding tert-OH is 5. The minimum absolute atomic E-state index is 0.0736. The third kappa shape index (κ3) is 33.3. The summed E-state index contributed by atoms with van der Waals surface area (Å²) in [5.74, 6) is -0.477. The van der Waals surface area contributed by atoms with Crippen molar-refractivity contribution in [3.63, 3.8) is 0 Å². The third-order valence-electron chi connectivity index (χ3n) is 12.3. The first-order valence-corrected chi connectivity index (χ1v) is 27.7. The van der Waals surface area contributed by atoms with E-state index in [4.69, 9.17) is 18.5 Å². The van der Waals surface area contributed by atoms with Crippen LogP contribution in [0.2, 0.25) is 0 Å². The number of phosphoric acid groups is 1. The Morgan fingerprint density at radius 1 is 0.500 bits per heavy atom. The molecule has 1 rings (SSSR count). The Bertz CT molecular complexity index is 1150. The van der Waals surface area contributed by atoms with Gasteiger partial charge in [-0.15, -0.1) is 0 Å². The van der Waals surface area contributed by atoms with Gasteiger partial charge >= 0.3 is 13.8 Å². The van der Waals surface area contributed by atoms with Crippen molar-refractivity contribution in [2.75, 3.05) is 19.8 Å². The van der Waals surface area contributed by atoms with Crippen molar-refractivity contribution >= 4 is 13.8 Å². The summed E-state index contributed by atoms with van der Waals surface area (Å²) in [6, 6.07) is 0. The van der Waals surface area contributed by atoms with Gasteiger partial charge in [0, 0.05) is 13.0 Å². The Morgan fingerprint density at radius 3 is 1.34 bits per heavy atom. The van der Waals surface area contributed by atoms with E-state index in [-0.39, 0.29) is 13.0 Å². The Balaban J connectivity index is 2.33. The van der Waals surface area contributed by atoms with Gasteiger partial charge in [-0.2, -0.15) is 0 Å². The second kappa shape index (κ2) is 42.0. The van der Waals surface area contributed by atoms with Crippen LogP contribution in [-0.2, 0) is 27.9 Å². The maximum Gasteiger partial charge on any atom is 0.472 e. The Kier molecular flexibility index (Phi) is 39.9. The van der Waals surface area contributed by atoms with Crippen molar-refractivity contribution in [3.05, 3.63) is 24.3 Å². The van der Waals surface area contributed by atoms with Gasteiger partial charge in [0.15, 0.2) is 0 Å². The van der Waals surface area contributed by atoms with Crippen molar-refractivity contribution in [2.24, 2.45) is 0 Å². The van der Waals surface area contributed by atoms with Crippen molar-refractivity contribution in [1.82, 2.24) is 0 Å². The van der Waals surface area contributed by atoms with E-state index in [2.05, 4.69) is 38.2 Å². The standard InChI is InChI=1S/C51H97O12P/c1-3-5-7-9-11-13-15-17-19-21-23-24-26-28-30-32-34-36-38-40-45(52)62-44(43-61-64(58,59)63-51-49(56)47(54)46(53)48(55)50(51)57)42-60-41-39-37-35-33-31-29-27-25-22-20-18-16-14-12-10-8-6-4-2/h11,13,17,19,44,46-51,53-57H,3-10,12,14-16,18,20-43H2,1-2H3,(H,58,59)/b13-11-,19-17-. The summed E-state index contributed by atoms with van der Waals surface area (Å²) < 4.78 is 34.3. The lowest BCUT2D eigenvalue weighted by atomic mass is 9.85. The topological polar surface area (TPSA) is 192 Å². The lowest BCUT2D eigenvalue weighted by Gasteiger charge is -2.41. The van der Waals surface area contributed by atoms with Crippen molar-refractivity contribution in [2.45, 2.75) is 275 Å². The van der Waals surface area contributed by atoms with E-state index in [1.54, 1.807) is 0 Å². The molecule has 12 nitrogen and oxygen atoms in total. The number of hydrogen-bond acceptors (Lipinski definition) is 11. The number of hydrogen-bond donors (Lipinski definition) is 6. The number of carbonyl (C=O) groups is 1. The Hall–Kier alpha value is -1.18. The summed E-state index contributed by atoms with van der Waals surface area (Å²) >= 11 is 0. The molecule has 13 heteroatoms. The molecule has 378 valence electrons. The molecule has 0 amide bonds. The molecule has 0 aromatic carbocycles. The van der Waals surface area contributed by atoms with Crippen LogP contribution in [0.1, 0.15) is 232 Å². The quantitative estimate of drug-likeness (QED) is 0.0147. The maximum atomic E-state index is 12.9. The first kappa shape index (κ1) is 60.8. The first-order chi connectivity index (χ1) is 31.0. The zero-order chi connectivity index (χ0) is 46.9. The molecule has 0 radical (unpaired) electrons. The van der Waals surface area contributed by atoms with Crippen LogP contribution in [0.3, 0.4) is 0 Å². The van der Waals surface area contributed by atoms with E-state index in [9.17, 15) is 39.8 Å². The zero-order valence-corrected chi connectivity index (χ0v) is 41.5. The average molecular weight is 933 g/mol. The van der Waals surface area contributed by atoms with Crippen LogP contribution in [0.25, 0.3) is 0 Å². The molecule has 64 heavy (non-hydrogen) atoms. The number of carbonyl (C=O) groups excluding carboxylic acids is 1. The van der Waals surface area contributed by atoms with E-state index >= 15 is 0 Å². The van der Waals surface area contributed by atoms with Crippen LogP contribution >= 0.6 is 7.82 Å². The highest BCUT2D eigenvalue weighted by molar-refractivity contribution is 7.47. The fourth-order valence-electron chi connectivity index (χ4n) is 8.15. The van der Waals surface area contributed by atoms with Gasteiger partial charge in [0.05, 0.1) is 13.2 Å². The second-order valence-corrected chi connectivity index (χ2v) is 19.8. The molecule has 1 fully saturated rings. The largest absolute Gasteiger partial charge is 0.472 e. The van der Waals surface area contributed by atoms with Gasteiger partial charge in [-0.25, -0.2) is 4.57 Å². The summed E-state index contributed by atoms with van der Waals surface area (Å²) in [6.45, 7) is 4.27. The molecule has 6 atom stereocenters. The van der Waals surface area contributed by atoms with Crippen molar-refractivity contribution in [3.8, 4) is 0 Å². The lowest BCUT2D eigenvalue weighted by molar-refractivity contribution is -0.220. The molecule has 0 heterocycles. The van der Waals surface area contributed by atoms with Gasteiger partial charge in [0.25, 0.3) is 0 Å². The van der Waals surface area contributed by atoms with Gasteiger partial charge in [0.1, 0.15) is 42.7 Å². The molecule has 0 aromatic heterocycles. The van der Waals surface area contributed by atoms with E-state index in [1.165, 1.54) is 154 Å². The molecule has 0 bridgehead atoms. The summed E-state index contributed by atoms with van der Waals surface area (Å²) in [4.78, 5) is 23.2. The molecule has 0 aromatic rings. The van der Waals surface area contributed by atoms with Crippen LogP contribution in [-0.4, -0.2) is 98.9 Å². The van der Waals surface area contributed by atoms with Crippen LogP contribution < -0.4 is 0 Å². The fourth-order valence-corrected chi connectivity index (χ4v) is 9.12. The third-order valence-corrected chi connectivity index (χ3v) is 13.3. The highest BCUT2D eigenvalue weighted by Crippen LogP contribution is 2.47. The number of esters is 1. The molecular weight excluding hydrogens is 836 g/mol. The summed E-state index contributed by atoms with van der Waals surface area (Å²) in [6.07, 6.45) is 36.7. The van der Waals surface area contributed by atoms with Gasteiger partial charge in [-0.05, 0) is 44.9 Å². The molecule has 1 aliphatic rings. The van der Waals surface area contributed by atoms with Crippen molar-refractivity contribution in [1.29, 1.82) is 0 Å². The SMILES string of the molecule is CCCCC/C=C\C/C=C\CCCCCCCCCCCC(=O)OC(COCCCCCCCCCCCCCCCCCCCC)COP(=O)(O)OC1C(O)C(O)C(O)C(O)C1O. The van der Waals surface area contributed by atoms with Gasteiger partial charge in [-0.3, -0.25) is 13.8 Å². The number of unbranched alkanes of at least 4 members (excludes halogenated alkanes) is 29. The highest BCUT2D eigenvalue weighted by Gasteiger charge is 2.51.